The molecule has 1 saturated heterocycles. The molecule has 0 bridgehead atoms. The number of nitrogen functional groups attached to an aromatic ring is 1. The van der Waals surface area contributed by atoms with E-state index in [1.807, 2.05) is 31.1 Å². The molecule has 3 N–H and O–H groups in total. The zero-order chi connectivity index (χ0) is 19.4. The Balaban J connectivity index is 1.53. The number of hydrogen-bond donors (Lipinski definition) is 2. The molecule has 27 heavy (non-hydrogen) atoms. The smallest absolute Gasteiger partial charge is 0.229 e. The number of benzene rings is 1. The fraction of sp³-hybridized carbons (Fsp3) is 0.550. The lowest BCUT2D eigenvalue weighted by Crippen LogP contribution is -2.36. The molecule has 1 aromatic carbocycles. The van der Waals surface area contributed by atoms with Crippen LogP contribution >= 0.6 is 0 Å². The minimum absolute atomic E-state index is 0.132. The Morgan fingerprint density at radius 2 is 1.81 bits per heavy atom. The Morgan fingerprint density at radius 1 is 1.15 bits per heavy atom. The third-order valence-corrected chi connectivity index (χ3v) is 5.41. The third-order valence-electron chi connectivity index (χ3n) is 5.41. The van der Waals surface area contributed by atoms with E-state index in [2.05, 4.69) is 26.8 Å². The molecular weight excluding hydrogens is 340 g/mol. The summed E-state index contributed by atoms with van der Waals surface area (Å²) in [6.45, 7) is 4.24. The van der Waals surface area contributed by atoms with Crippen LogP contribution in [-0.4, -0.2) is 52.1 Å². The van der Waals surface area contributed by atoms with Crippen molar-refractivity contribution in [3.63, 3.8) is 0 Å². The molecule has 0 aliphatic carbocycles. The van der Waals surface area contributed by atoms with E-state index in [9.17, 15) is 5.11 Å². The number of anilines is 2. The number of nitrogens with zero attached hydrogens (tertiary/aromatic N) is 5. The highest BCUT2D eigenvalue weighted by atomic mass is 16.3. The largest absolute Gasteiger partial charge is 0.508 e. The van der Waals surface area contributed by atoms with E-state index in [1.165, 1.54) is 24.8 Å². The molecule has 7 heteroatoms. The van der Waals surface area contributed by atoms with Gasteiger partial charge < -0.3 is 15.7 Å². The van der Waals surface area contributed by atoms with Gasteiger partial charge in [-0.1, -0.05) is 12.1 Å². The van der Waals surface area contributed by atoms with E-state index in [1.54, 1.807) is 12.1 Å². The number of likely N-dealkylation sites (tertiary alicyclic amines) is 1. The molecule has 1 aliphatic rings. The summed E-state index contributed by atoms with van der Waals surface area (Å²) in [5.74, 6) is 2.70. The van der Waals surface area contributed by atoms with E-state index in [0.717, 1.165) is 31.3 Å². The van der Waals surface area contributed by atoms with Gasteiger partial charge in [-0.25, -0.2) is 0 Å². The van der Waals surface area contributed by atoms with Crippen LogP contribution in [0.4, 0.5) is 11.9 Å². The van der Waals surface area contributed by atoms with Crippen LogP contribution in [0, 0.1) is 5.92 Å². The van der Waals surface area contributed by atoms with Crippen molar-refractivity contribution >= 4 is 11.9 Å². The number of aromatic hydroxyl groups is 1. The van der Waals surface area contributed by atoms with Crippen molar-refractivity contribution in [2.75, 3.05) is 37.8 Å². The number of rotatable bonds is 6. The van der Waals surface area contributed by atoms with Gasteiger partial charge >= 0.3 is 0 Å². The number of phenols is 1. The van der Waals surface area contributed by atoms with Gasteiger partial charge in [0, 0.05) is 14.1 Å². The summed E-state index contributed by atoms with van der Waals surface area (Å²) in [5.41, 5.74) is 7.16. The van der Waals surface area contributed by atoms with Crippen LogP contribution in [0.1, 0.15) is 43.6 Å². The van der Waals surface area contributed by atoms with Gasteiger partial charge in [-0.05, 0) is 69.3 Å². The second-order valence-corrected chi connectivity index (χ2v) is 7.61. The topological polar surface area (TPSA) is 91.4 Å². The Labute approximate surface area is 161 Å². The normalized spacial score (nSPS) is 17.0. The average molecular weight is 371 g/mol. The van der Waals surface area contributed by atoms with Gasteiger partial charge in [0.2, 0.25) is 11.9 Å². The molecule has 0 saturated carbocycles. The first-order chi connectivity index (χ1) is 12.9. The van der Waals surface area contributed by atoms with Crippen LogP contribution in [0.25, 0.3) is 0 Å². The summed E-state index contributed by atoms with van der Waals surface area (Å²) in [6.07, 6.45) is 4.63. The minimum Gasteiger partial charge on any atom is -0.508 e. The van der Waals surface area contributed by atoms with Crippen LogP contribution < -0.4 is 10.6 Å². The van der Waals surface area contributed by atoms with Crippen LogP contribution in [0.2, 0.25) is 0 Å². The monoisotopic (exact) mass is 370 g/mol. The van der Waals surface area contributed by atoms with Gasteiger partial charge in [0.25, 0.3) is 0 Å². The van der Waals surface area contributed by atoms with Gasteiger partial charge in [-0.3, -0.25) is 4.90 Å². The zero-order valence-electron chi connectivity index (χ0n) is 16.5. The number of hydrogen-bond acceptors (Lipinski definition) is 7. The molecule has 1 aliphatic heterocycles. The van der Waals surface area contributed by atoms with Gasteiger partial charge in [-0.15, -0.1) is 0 Å². The summed E-state index contributed by atoms with van der Waals surface area (Å²) >= 11 is 0. The molecule has 0 radical (unpaired) electrons. The minimum atomic E-state index is 0.132. The lowest BCUT2D eigenvalue weighted by Gasteiger charge is -2.35. The summed E-state index contributed by atoms with van der Waals surface area (Å²) < 4.78 is 0. The molecular formula is C20H30N6O. The summed E-state index contributed by atoms with van der Waals surface area (Å²) in [6, 6.07) is 7.69. The van der Waals surface area contributed by atoms with E-state index < -0.39 is 0 Å². The highest BCUT2D eigenvalue weighted by molar-refractivity contribution is 5.33. The molecule has 1 unspecified atom stereocenters. The Bertz CT molecular complexity index is 741. The molecule has 2 aromatic rings. The molecule has 1 atom stereocenters. The Hall–Kier alpha value is -2.41. The lowest BCUT2D eigenvalue weighted by molar-refractivity contribution is 0.133. The Kier molecular flexibility index (Phi) is 6.11. The summed E-state index contributed by atoms with van der Waals surface area (Å²) in [5, 5.41) is 9.38. The van der Waals surface area contributed by atoms with E-state index in [4.69, 9.17) is 5.73 Å². The standard InChI is InChI=1S/C20H30N6O/c1-14(18-22-19(21)24-20(23-18)25(2)3)26-12-10-16(11-13-26)5-4-15-6-8-17(27)9-7-15/h6-9,14,16,27H,4-5,10-13H2,1-3H3,(H2,21,22,23,24). The quantitative estimate of drug-likeness (QED) is 0.807. The second kappa shape index (κ2) is 8.52. The highest BCUT2D eigenvalue weighted by Crippen LogP contribution is 2.28. The number of phenolic OH excluding ortho intramolecular Hbond substituents is 1. The SMILES string of the molecule is CC(c1nc(N)nc(N(C)C)n1)N1CCC(CCc2ccc(O)cc2)CC1. The molecule has 1 aromatic heterocycles. The first-order valence-corrected chi connectivity index (χ1v) is 9.63. The fourth-order valence-electron chi connectivity index (χ4n) is 3.61. The van der Waals surface area contributed by atoms with Gasteiger partial charge in [-0.2, -0.15) is 15.0 Å². The summed E-state index contributed by atoms with van der Waals surface area (Å²) in [7, 11) is 3.81. The maximum absolute atomic E-state index is 9.38. The number of aromatic nitrogens is 3. The van der Waals surface area contributed by atoms with E-state index in [0.29, 0.717) is 11.7 Å². The summed E-state index contributed by atoms with van der Waals surface area (Å²) in [4.78, 5) is 17.4. The molecule has 1 fully saturated rings. The van der Waals surface area contributed by atoms with Crippen LogP contribution in [0.5, 0.6) is 5.75 Å². The highest BCUT2D eigenvalue weighted by Gasteiger charge is 2.25. The number of piperidine rings is 1. The van der Waals surface area contributed by atoms with Gasteiger partial charge in [0.15, 0.2) is 5.82 Å². The van der Waals surface area contributed by atoms with Crippen molar-refractivity contribution < 1.29 is 5.11 Å². The van der Waals surface area contributed by atoms with E-state index in [-0.39, 0.29) is 12.0 Å². The molecule has 7 nitrogen and oxygen atoms in total. The van der Waals surface area contributed by atoms with Crippen molar-refractivity contribution in [1.29, 1.82) is 0 Å². The van der Waals surface area contributed by atoms with Crippen molar-refractivity contribution in [2.45, 2.75) is 38.6 Å². The molecule has 3 rings (SSSR count). The predicted molar refractivity (Wildman–Crippen MR) is 108 cm³/mol. The third kappa shape index (κ3) is 5.07. The van der Waals surface area contributed by atoms with Gasteiger partial charge in [0.05, 0.1) is 6.04 Å². The first-order valence-electron chi connectivity index (χ1n) is 9.63. The molecule has 146 valence electrons. The van der Waals surface area contributed by atoms with Crippen molar-refractivity contribution in [1.82, 2.24) is 19.9 Å². The fourth-order valence-corrected chi connectivity index (χ4v) is 3.61. The van der Waals surface area contributed by atoms with Crippen LogP contribution in [-0.2, 0) is 6.42 Å². The second-order valence-electron chi connectivity index (χ2n) is 7.61. The van der Waals surface area contributed by atoms with Gasteiger partial charge in [0.1, 0.15) is 5.75 Å². The Morgan fingerprint density at radius 3 is 2.44 bits per heavy atom. The zero-order valence-corrected chi connectivity index (χ0v) is 16.5. The van der Waals surface area contributed by atoms with Crippen molar-refractivity contribution in [3.05, 3.63) is 35.7 Å². The number of nitrogens with two attached hydrogens (primary N) is 1. The maximum Gasteiger partial charge on any atom is 0.229 e. The first kappa shape index (κ1) is 19.4. The van der Waals surface area contributed by atoms with Crippen LogP contribution in [0.3, 0.4) is 0 Å². The molecule has 0 amide bonds. The number of aryl methyl sites for hydroxylation is 1. The van der Waals surface area contributed by atoms with E-state index >= 15 is 0 Å². The molecule has 2 heterocycles. The predicted octanol–water partition coefficient (Wildman–Crippen LogP) is 2.63. The average Bonchev–Trinajstić information content (AvgIpc) is 2.67. The lowest BCUT2D eigenvalue weighted by atomic mass is 9.90. The maximum atomic E-state index is 9.38. The molecule has 0 spiro atoms. The van der Waals surface area contributed by atoms with Crippen LogP contribution in [0.15, 0.2) is 24.3 Å². The van der Waals surface area contributed by atoms with Crippen molar-refractivity contribution in [3.8, 4) is 5.75 Å². The van der Waals surface area contributed by atoms with Crippen molar-refractivity contribution in [2.24, 2.45) is 5.92 Å².